The summed E-state index contributed by atoms with van der Waals surface area (Å²) in [5.74, 6) is 0.149. The lowest BCUT2D eigenvalue weighted by atomic mass is 9.82. The lowest BCUT2D eigenvalue weighted by molar-refractivity contribution is -0.135. The van der Waals surface area contributed by atoms with Gasteiger partial charge in [-0.05, 0) is 57.1 Å². The quantitative estimate of drug-likeness (QED) is 0.192. The monoisotopic (exact) mass is 460 g/mol. The van der Waals surface area contributed by atoms with Crippen LogP contribution in [0, 0.1) is 17.8 Å². The van der Waals surface area contributed by atoms with Gasteiger partial charge < -0.3 is 19.2 Å². The van der Waals surface area contributed by atoms with Crippen LogP contribution in [0.5, 0.6) is 0 Å². The van der Waals surface area contributed by atoms with Gasteiger partial charge >= 0.3 is 0 Å². The van der Waals surface area contributed by atoms with Crippen LogP contribution in [0.3, 0.4) is 0 Å². The first kappa shape index (κ1) is 25.2. The van der Waals surface area contributed by atoms with Gasteiger partial charge in [-0.15, -0.1) is 0 Å². The molecular formula is C25H36N2O6. The molecular weight excluding hydrogens is 424 g/mol. The van der Waals surface area contributed by atoms with Crippen LogP contribution in [-0.4, -0.2) is 43.1 Å². The molecule has 2 aromatic rings. The van der Waals surface area contributed by atoms with Gasteiger partial charge in [-0.1, -0.05) is 25.1 Å². The molecule has 1 aromatic heterocycles. The topological polar surface area (TPSA) is 110 Å². The number of fused-ring (bicyclic) bond motifs is 1. The van der Waals surface area contributed by atoms with Crippen LogP contribution in [0.4, 0.5) is 0 Å². The third-order valence-electron chi connectivity index (χ3n) is 6.40. The van der Waals surface area contributed by atoms with E-state index in [9.17, 15) is 14.8 Å². The van der Waals surface area contributed by atoms with Crippen molar-refractivity contribution in [2.75, 3.05) is 20.0 Å². The summed E-state index contributed by atoms with van der Waals surface area (Å²) in [7, 11) is 0. The molecule has 8 heteroatoms. The maximum Gasteiger partial charge on any atom is 0.246 e. The van der Waals surface area contributed by atoms with E-state index >= 15 is 0 Å². The molecule has 1 saturated carbocycles. The molecule has 0 bridgehead atoms. The second kappa shape index (κ2) is 12.7. The third kappa shape index (κ3) is 7.55. The van der Waals surface area contributed by atoms with Crippen molar-refractivity contribution in [2.24, 2.45) is 17.8 Å². The van der Waals surface area contributed by atoms with E-state index in [0.29, 0.717) is 31.1 Å². The van der Waals surface area contributed by atoms with Crippen LogP contribution >= 0.6 is 0 Å². The van der Waals surface area contributed by atoms with Gasteiger partial charge in [0.25, 0.3) is 0 Å². The van der Waals surface area contributed by atoms with E-state index in [4.69, 9.17) is 13.9 Å². The highest BCUT2D eigenvalue weighted by Gasteiger charge is 2.29. The zero-order valence-corrected chi connectivity index (χ0v) is 19.5. The summed E-state index contributed by atoms with van der Waals surface area (Å²) in [6.07, 6.45) is 4.43. The number of ether oxygens (including phenoxy) is 2. The fraction of sp³-hybridized carbons (Fsp3) is 0.600. The fourth-order valence-corrected chi connectivity index (χ4v) is 4.44. The lowest BCUT2D eigenvalue weighted by Crippen LogP contribution is -2.45. The van der Waals surface area contributed by atoms with Gasteiger partial charge in [0.15, 0.2) is 0 Å². The van der Waals surface area contributed by atoms with Crippen LogP contribution in [-0.2, 0) is 25.5 Å². The van der Waals surface area contributed by atoms with Crippen LogP contribution in [0.2, 0.25) is 0 Å². The molecule has 1 aromatic carbocycles. The van der Waals surface area contributed by atoms with Gasteiger partial charge in [-0.3, -0.25) is 14.8 Å². The van der Waals surface area contributed by atoms with Crippen molar-refractivity contribution in [1.29, 1.82) is 0 Å². The largest absolute Gasteiger partial charge is 0.461 e. The highest BCUT2D eigenvalue weighted by atomic mass is 16.7. The minimum Gasteiger partial charge on any atom is -0.461 e. The molecule has 2 unspecified atom stereocenters. The molecule has 33 heavy (non-hydrogen) atoms. The summed E-state index contributed by atoms with van der Waals surface area (Å²) in [5, 5.41) is 13.4. The molecule has 2 amide bonds. The summed E-state index contributed by atoms with van der Waals surface area (Å²) in [6, 6.07) is 9.13. The second-order valence-corrected chi connectivity index (χ2v) is 9.01. The average molecular weight is 461 g/mol. The van der Waals surface area contributed by atoms with Crippen molar-refractivity contribution >= 4 is 22.8 Å². The number of nitrogens with one attached hydrogen (secondary N) is 2. The Hall–Kier alpha value is -2.42. The molecule has 1 fully saturated rings. The normalized spacial score (nSPS) is 20.3. The zero-order chi connectivity index (χ0) is 23.6. The number of hydroxylamine groups is 1. The van der Waals surface area contributed by atoms with Crippen LogP contribution < -0.4 is 10.8 Å². The molecule has 182 valence electrons. The Balaban J connectivity index is 1.68. The van der Waals surface area contributed by atoms with Gasteiger partial charge in [-0.25, -0.2) is 5.48 Å². The third-order valence-corrected chi connectivity index (χ3v) is 6.40. The van der Waals surface area contributed by atoms with Gasteiger partial charge in [0.2, 0.25) is 11.8 Å². The number of benzene rings is 1. The molecule has 0 saturated heterocycles. The molecule has 0 aliphatic heterocycles. The van der Waals surface area contributed by atoms with E-state index in [1.165, 1.54) is 0 Å². The van der Waals surface area contributed by atoms with E-state index in [0.717, 1.165) is 36.7 Å². The van der Waals surface area contributed by atoms with Crippen molar-refractivity contribution in [1.82, 2.24) is 10.8 Å². The summed E-state index contributed by atoms with van der Waals surface area (Å²) in [4.78, 5) is 25.4. The van der Waals surface area contributed by atoms with Crippen molar-refractivity contribution in [2.45, 2.75) is 58.4 Å². The van der Waals surface area contributed by atoms with Crippen molar-refractivity contribution in [3.05, 3.63) is 36.1 Å². The van der Waals surface area contributed by atoms with Gasteiger partial charge in [-0.2, -0.15) is 0 Å². The predicted octanol–water partition coefficient (Wildman–Crippen LogP) is 3.81. The SMILES string of the molecule is CCOCOCC(CC(Cc1cc2ccccc2o1)C(=O)NO)NC(=O)C1CCC(C)CC1. The lowest BCUT2D eigenvalue weighted by Gasteiger charge is -2.28. The molecule has 3 N–H and O–H groups in total. The maximum absolute atomic E-state index is 12.9. The summed E-state index contributed by atoms with van der Waals surface area (Å²) in [6.45, 7) is 4.95. The number of furan rings is 1. The number of hydrogen-bond donors (Lipinski definition) is 3. The Morgan fingerprint density at radius 3 is 2.64 bits per heavy atom. The number of hydrogen-bond acceptors (Lipinski definition) is 6. The minimum atomic E-state index is -0.608. The molecule has 1 aliphatic carbocycles. The Labute approximate surface area is 195 Å². The Morgan fingerprint density at radius 1 is 1.18 bits per heavy atom. The van der Waals surface area contributed by atoms with Crippen molar-refractivity contribution < 1.29 is 28.7 Å². The van der Waals surface area contributed by atoms with E-state index in [-0.39, 0.29) is 25.2 Å². The molecule has 8 nitrogen and oxygen atoms in total. The predicted molar refractivity (Wildman–Crippen MR) is 123 cm³/mol. The molecule has 0 radical (unpaired) electrons. The summed E-state index contributed by atoms with van der Waals surface area (Å²) in [5.41, 5.74) is 2.51. The molecule has 1 heterocycles. The first-order valence-electron chi connectivity index (χ1n) is 11.9. The molecule has 2 atom stereocenters. The first-order chi connectivity index (χ1) is 16.0. The fourth-order valence-electron chi connectivity index (χ4n) is 4.44. The Morgan fingerprint density at radius 2 is 1.94 bits per heavy atom. The summed E-state index contributed by atoms with van der Waals surface area (Å²) < 4.78 is 16.7. The van der Waals surface area contributed by atoms with E-state index in [1.54, 1.807) is 5.48 Å². The van der Waals surface area contributed by atoms with Gasteiger partial charge in [0.05, 0.1) is 12.6 Å². The highest BCUT2D eigenvalue weighted by Crippen LogP contribution is 2.29. The number of amides is 2. The highest BCUT2D eigenvalue weighted by molar-refractivity contribution is 5.80. The Kier molecular flexibility index (Phi) is 9.72. The number of rotatable bonds is 12. The zero-order valence-electron chi connectivity index (χ0n) is 19.5. The van der Waals surface area contributed by atoms with E-state index in [2.05, 4.69) is 12.2 Å². The van der Waals surface area contributed by atoms with Gasteiger partial charge in [0.1, 0.15) is 18.1 Å². The van der Waals surface area contributed by atoms with Crippen LogP contribution in [0.15, 0.2) is 34.7 Å². The molecule has 0 spiro atoms. The summed E-state index contributed by atoms with van der Waals surface area (Å²) >= 11 is 0. The van der Waals surface area contributed by atoms with Gasteiger partial charge in [0, 0.05) is 30.2 Å². The molecule has 1 aliphatic rings. The molecule has 3 rings (SSSR count). The first-order valence-corrected chi connectivity index (χ1v) is 11.9. The van der Waals surface area contributed by atoms with Crippen LogP contribution in [0.25, 0.3) is 11.0 Å². The van der Waals surface area contributed by atoms with Crippen LogP contribution in [0.1, 0.15) is 51.7 Å². The smallest absolute Gasteiger partial charge is 0.246 e. The van der Waals surface area contributed by atoms with E-state index < -0.39 is 17.9 Å². The standard InChI is InChI=1S/C25H36N2O6/c1-3-31-16-32-15-21(26-24(28)18-10-8-17(2)9-11-18)12-20(25(29)27-30)14-22-13-19-6-4-5-7-23(19)33-22/h4-7,13,17-18,20-21,30H,3,8-12,14-16H2,1-2H3,(H,26,28)(H,27,29). The number of carbonyl (C=O) groups excluding carboxylic acids is 2. The number of carbonyl (C=O) groups is 2. The van der Waals surface area contributed by atoms with Crippen molar-refractivity contribution in [3.63, 3.8) is 0 Å². The second-order valence-electron chi connectivity index (χ2n) is 9.01. The Bertz CT molecular complexity index is 857. The number of para-hydroxylation sites is 1. The average Bonchev–Trinajstić information content (AvgIpc) is 3.23. The van der Waals surface area contributed by atoms with E-state index in [1.807, 2.05) is 37.3 Å². The minimum absolute atomic E-state index is 0.00111. The van der Waals surface area contributed by atoms with Crippen molar-refractivity contribution in [3.8, 4) is 0 Å². The maximum atomic E-state index is 12.9.